The van der Waals surface area contributed by atoms with E-state index in [2.05, 4.69) is 17.0 Å². The van der Waals surface area contributed by atoms with Crippen LogP contribution in [0.3, 0.4) is 0 Å². The van der Waals surface area contributed by atoms with E-state index in [0.29, 0.717) is 12.2 Å². The van der Waals surface area contributed by atoms with E-state index in [4.69, 9.17) is 25.8 Å². The number of rotatable bonds is 4. The average Bonchev–Trinajstić information content (AvgIpc) is 3.25. The van der Waals surface area contributed by atoms with Crippen molar-refractivity contribution in [2.24, 2.45) is 11.7 Å². The molecule has 0 spiro atoms. The molecule has 2 fully saturated rings. The summed E-state index contributed by atoms with van der Waals surface area (Å²) in [6.07, 6.45) is 3.86. The Hall–Kier alpha value is -2.87. The fourth-order valence-corrected chi connectivity index (χ4v) is 4.41. The number of aliphatic hydroxyl groups excluding tert-OH is 1. The number of primary amides is 1. The van der Waals surface area contributed by atoms with Crippen LogP contribution < -0.4 is 11.1 Å². The standard InChI is InChI=1S/C17H18N2O5.CH3NO2/c1-4-5-24-15-8(2)13(21)12-11(14(15)22)9(7-20)17(23-3)16-10(18-16)6-19(12)17;2-1(3)4/h1,9-10,16,18,20H,5-7H2,2-3H3;2H2,(H,3,4). The van der Waals surface area contributed by atoms with Crippen LogP contribution in [0.1, 0.15) is 6.92 Å². The van der Waals surface area contributed by atoms with E-state index in [9.17, 15) is 14.7 Å². The zero-order valence-electron chi connectivity index (χ0n) is 15.4. The van der Waals surface area contributed by atoms with Gasteiger partial charge in [0.05, 0.1) is 24.3 Å². The van der Waals surface area contributed by atoms with Crippen molar-refractivity contribution in [1.29, 1.82) is 0 Å². The number of methoxy groups -OCH3 is 1. The van der Waals surface area contributed by atoms with Gasteiger partial charge in [0, 0.05) is 30.8 Å². The number of hydrogen-bond acceptors (Lipinski definition) is 8. The molecule has 1 aliphatic carbocycles. The molecule has 3 heterocycles. The lowest BCUT2D eigenvalue weighted by molar-refractivity contribution is -0.137. The van der Waals surface area contributed by atoms with Crippen molar-refractivity contribution in [3.05, 3.63) is 22.6 Å². The third-order valence-electron chi connectivity index (χ3n) is 5.46. The average molecular weight is 391 g/mol. The number of piperazine rings is 1. The van der Waals surface area contributed by atoms with Crippen LogP contribution in [0.5, 0.6) is 0 Å². The van der Waals surface area contributed by atoms with Gasteiger partial charge >= 0.3 is 6.09 Å². The zero-order chi connectivity index (χ0) is 20.8. The molecule has 3 aliphatic heterocycles. The Kier molecular flexibility index (Phi) is 4.93. The number of Topliss-reactive ketones (excluding diaryl/α,β-unsaturated/α-hetero) is 2. The van der Waals surface area contributed by atoms with Crippen molar-refractivity contribution in [1.82, 2.24) is 10.2 Å². The van der Waals surface area contributed by atoms with Gasteiger partial charge in [-0.15, -0.1) is 6.42 Å². The number of nitrogens with zero attached hydrogens (tertiary/aromatic N) is 1. The van der Waals surface area contributed by atoms with Gasteiger partial charge in [-0.3, -0.25) is 9.59 Å². The van der Waals surface area contributed by atoms with Crippen molar-refractivity contribution >= 4 is 17.7 Å². The minimum atomic E-state index is -1.33. The first-order chi connectivity index (χ1) is 13.3. The number of carbonyl (C=O) groups is 3. The van der Waals surface area contributed by atoms with E-state index in [0.717, 1.165) is 0 Å². The van der Waals surface area contributed by atoms with Crippen LogP contribution in [0.4, 0.5) is 4.79 Å². The fraction of sp³-hybridized carbons (Fsp3) is 0.500. The normalized spacial score (nSPS) is 32.2. The third-order valence-corrected chi connectivity index (χ3v) is 5.46. The summed E-state index contributed by atoms with van der Waals surface area (Å²) in [5.74, 6) is 1.00. The molecule has 10 nitrogen and oxygen atoms in total. The number of fused-ring (bicyclic) bond motifs is 4. The third kappa shape index (κ3) is 2.59. The summed E-state index contributed by atoms with van der Waals surface area (Å²) in [5, 5.41) is 20.5. The summed E-state index contributed by atoms with van der Waals surface area (Å²) in [6, 6.07) is 0.195. The highest BCUT2D eigenvalue weighted by Crippen LogP contribution is 2.55. The van der Waals surface area contributed by atoms with E-state index < -0.39 is 17.7 Å². The number of allylic oxidation sites excluding steroid dienone is 2. The largest absolute Gasteiger partial charge is 0.476 e. The minimum Gasteiger partial charge on any atom is -0.476 e. The summed E-state index contributed by atoms with van der Waals surface area (Å²) in [6.45, 7) is 1.74. The summed E-state index contributed by atoms with van der Waals surface area (Å²) in [5.41, 5.74) is 3.97. The van der Waals surface area contributed by atoms with Crippen molar-refractivity contribution < 1.29 is 34.1 Å². The number of carboxylic acid groups (broad SMARTS) is 1. The van der Waals surface area contributed by atoms with Gasteiger partial charge in [-0.25, -0.2) is 4.79 Å². The first-order valence-corrected chi connectivity index (χ1v) is 8.54. The van der Waals surface area contributed by atoms with Crippen LogP contribution in [0, 0.1) is 18.3 Å². The Morgan fingerprint density at radius 3 is 2.64 bits per heavy atom. The molecular formula is C18H21N3O7. The molecule has 28 heavy (non-hydrogen) atoms. The van der Waals surface area contributed by atoms with E-state index in [-0.39, 0.29) is 53.8 Å². The molecular weight excluding hydrogens is 370 g/mol. The second-order valence-electron chi connectivity index (χ2n) is 6.76. The minimum absolute atomic E-state index is 0.0127. The number of carbonyl (C=O) groups excluding carboxylic acids is 2. The Morgan fingerprint density at radius 2 is 2.11 bits per heavy atom. The summed E-state index contributed by atoms with van der Waals surface area (Å²) in [4.78, 5) is 36.5. The Bertz CT molecular complexity index is 852. The number of nitrogens with two attached hydrogens (primary N) is 1. The van der Waals surface area contributed by atoms with E-state index in [1.54, 1.807) is 14.0 Å². The number of aliphatic hydroxyl groups is 1. The van der Waals surface area contributed by atoms with Gasteiger partial charge in [0.2, 0.25) is 11.6 Å². The van der Waals surface area contributed by atoms with E-state index >= 15 is 0 Å². The lowest BCUT2D eigenvalue weighted by Crippen LogP contribution is -2.54. The lowest BCUT2D eigenvalue weighted by atomic mass is 9.83. The van der Waals surface area contributed by atoms with Crippen LogP contribution in [-0.2, 0) is 19.1 Å². The van der Waals surface area contributed by atoms with Crippen LogP contribution in [0.15, 0.2) is 22.6 Å². The quantitative estimate of drug-likeness (QED) is 0.255. The monoisotopic (exact) mass is 391 g/mol. The highest BCUT2D eigenvalue weighted by Gasteiger charge is 2.72. The zero-order valence-corrected chi connectivity index (χ0v) is 15.4. The van der Waals surface area contributed by atoms with Gasteiger partial charge in [-0.05, 0) is 6.92 Å². The van der Waals surface area contributed by atoms with E-state index in [1.165, 1.54) is 0 Å². The first-order valence-electron chi connectivity index (χ1n) is 8.54. The van der Waals surface area contributed by atoms with Gasteiger partial charge in [0.15, 0.2) is 11.5 Å². The molecule has 0 aromatic carbocycles. The molecule has 1 amide bonds. The fourth-order valence-electron chi connectivity index (χ4n) is 4.41. The molecule has 0 aromatic rings. The maximum absolute atomic E-state index is 13.0. The summed E-state index contributed by atoms with van der Waals surface area (Å²) < 4.78 is 11.1. The molecule has 4 atom stereocenters. The number of amides is 1. The maximum atomic E-state index is 13.0. The van der Waals surface area contributed by atoms with Gasteiger partial charge in [-0.1, -0.05) is 5.92 Å². The Labute approximate surface area is 160 Å². The molecule has 2 saturated heterocycles. The van der Waals surface area contributed by atoms with E-state index in [1.807, 2.05) is 4.90 Å². The number of terminal acetylenes is 1. The molecule has 4 aliphatic rings. The number of ether oxygens (including phenoxy) is 2. The summed E-state index contributed by atoms with van der Waals surface area (Å²) in [7, 11) is 1.54. The highest BCUT2D eigenvalue weighted by molar-refractivity contribution is 6.25. The van der Waals surface area contributed by atoms with Gasteiger partial charge in [-0.2, -0.15) is 0 Å². The van der Waals surface area contributed by atoms with Crippen molar-refractivity contribution in [2.45, 2.75) is 24.7 Å². The number of ketones is 2. The molecule has 10 heteroatoms. The van der Waals surface area contributed by atoms with Crippen molar-refractivity contribution in [3.63, 3.8) is 0 Å². The van der Waals surface area contributed by atoms with Crippen LogP contribution in [-0.4, -0.2) is 77.4 Å². The predicted octanol–water partition coefficient (Wildman–Crippen LogP) is -1.44. The van der Waals surface area contributed by atoms with Gasteiger partial charge in [0.25, 0.3) is 0 Å². The molecule has 150 valence electrons. The molecule has 4 rings (SSSR count). The first kappa shape index (κ1) is 19.9. The second-order valence-corrected chi connectivity index (χ2v) is 6.76. The van der Waals surface area contributed by atoms with Gasteiger partial charge < -0.3 is 35.6 Å². The van der Waals surface area contributed by atoms with Crippen LogP contribution >= 0.6 is 0 Å². The van der Waals surface area contributed by atoms with Crippen molar-refractivity contribution in [2.75, 3.05) is 26.9 Å². The molecule has 0 aromatic heterocycles. The van der Waals surface area contributed by atoms with Gasteiger partial charge in [0.1, 0.15) is 6.61 Å². The van der Waals surface area contributed by atoms with Crippen LogP contribution in [0.25, 0.3) is 0 Å². The molecule has 5 N–H and O–H groups in total. The molecule has 0 saturated carbocycles. The van der Waals surface area contributed by atoms with Crippen molar-refractivity contribution in [3.8, 4) is 12.3 Å². The SMILES string of the molecule is C#CCOC1=C(C)C(=O)C2=C(C1=O)C(CO)C1(OC)C3NC3CN21.NC(=O)O. The van der Waals surface area contributed by atoms with Crippen LogP contribution in [0.2, 0.25) is 0 Å². The Morgan fingerprint density at radius 1 is 1.46 bits per heavy atom. The predicted molar refractivity (Wildman–Crippen MR) is 94.5 cm³/mol. The summed E-state index contributed by atoms with van der Waals surface area (Å²) >= 11 is 0. The topological polar surface area (TPSA) is 161 Å². The molecule has 0 radical (unpaired) electrons. The lowest BCUT2D eigenvalue weighted by Gasteiger charge is -2.39. The highest BCUT2D eigenvalue weighted by atomic mass is 16.5. The number of nitrogens with one attached hydrogen (secondary N) is 1. The molecule has 4 unspecified atom stereocenters. The molecule has 0 bridgehead atoms. The Balaban J connectivity index is 0.000000516. The second kappa shape index (κ2) is 6.94. The number of hydrogen-bond donors (Lipinski definition) is 4. The smallest absolute Gasteiger partial charge is 0.402 e. The maximum Gasteiger partial charge on any atom is 0.402 e.